The second-order valence-electron chi connectivity index (χ2n) is 10.7. The van der Waals surface area contributed by atoms with Crippen LogP contribution in [0.4, 0.5) is 15.9 Å². The molecule has 3 fully saturated rings. The molecule has 36 heavy (non-hydrogen) atoms. The fourth-order valence-corrected chi connectivity index (χ4v) is 6.04. The van der Waals surface area contributed by atoms with Gasteiger partial charge < -0.3 is 4.90 Å². The standard InChI is InChI=1S/C29H30FN5O/c1-19-26(34-15-13-29(14-16-34)11-3-4-12-29)33-27(21-7-9-25(31-2)23(30)17-21)35(28(19)36)22-8-10-24(32-18-22)20-5-6-20/h7-10,17-18,20H,3-6,11-16H2,1H3. The minimum atomic E-state index is -0.617. The SMILES string of the molecule is [C-]#[N+]c1ccc(-c2nc(N3CCC4(CCCC4)CC3)c(C)c(=O)n2-c2ccc(C3CC3)nc2)cc1F. The molecule has 0 N–H and O–H groups in total. The van der Waals surface area contributed by atoms with E-state index in [1.807, 2.05) is 19.1 Å². The number of nitrogens with zero attached hydrogens (tertiary/aromatic N) is 5. The van der Waals surface area contributed by atoms with Crippen LogP contribution in [0.1, 0.15) is 68.5 Å². The summed E-state index contributed by atoms with van der Waals surface area (Å²) in [6, 6.07) is 8.30. The van der Waals surface area contributed by atoms with Crippen LogP contribution in [-0.2, 0) is 0 Å². The van der Waals surface area contributed by atoms with Gasteiger partial charge in [0.15, 0.2) is 0 Å². The third kappa shape index (κ3) is 3.99. The third-order valence-electron chi connectivity index (χ3n) is 8.42. The molecule has 2 aliphatic carbocycles. The lowest BCUT2D eigenvalue weighted by Crippen LogP contribution is -2.41. The van der Waals surface area contributed by atoms with Gasteiger partial charge in [0, 0.05) is 30.3 Å². The summed E-state index contributed by atoms with van der Waals surface area (Å²) in [7, 11) is 0. The van der Waals surface area contributed by atoms with Gasteiger partial charge in [-0.3, -0.25) is 14.3 Å². The van der Waals surface area contributed by atoms with E-state index in [4.69, 9.17) is 11.6 Å². The Bertz CT molecular complexity index is 1400. The lowest BCUT2D eigenvalue weighted by atomic mass is 9.77. The Labute approximate surface area is 210 Å². The molecule has 0 bridgehead atoms. The molecule has 0 unspecified atom stereocenters. The predicted octanol–water partition coefficient (Wildman–Crippen LogP) is 6.33. The van der Waals surface area contributed by atoms with Crippen molar-refractivity contribution in [3.05, 3.63) is 75.4 Å². The summed E-state index contributed by atoms with van der Waals surface area (Å²) < 4.78 is 16.2. The van der Waals surface area contributed by atoms with Crippen molar-refractivity contribution in [1.82, 2.24) is 14.5 Å². The lowest BCUT2D eigenvalue weighted by Gasteiger charge is -2.40. The molecule has 7 heteroatoms. The number of halogens is 1. The zero-order chi connectivity index (χ0) is 24.9. The van der Waals surface area contributed by atoms with E-state index >= 15 is 0 Å². The first-order chi connectivity index (χ1) is 17.5. The summed E-state index contributed by atoms with van der Waals surface area (Å²) in [4.78, 5) is 28.9. The van der Waals surface area contributed by atoms with E-state index < -0.39 is 5.82 Å². The van der Waals surface area contributed by atoms with Crippen molar-refractivity contribution in [2.75, 3.05) is 18.0 Å². The number of anilines is 1. The molecular weight excluding hydrogens is 453 g/mol. The smallest absolute Gasteiger partial charge is 0.263 e. The normalized spacial score (nSPS) is 19.0. The molecule has 3 aromatic rings. The Morgan fingerprint density at radius 1 is 1.08 bits per heavy atom. The summed E-state index contributed by atoms with van der Waals surface area (Å²) in [6.07, 6.45) is 11.5. The monoisotopic (exact) mass is 483 g/mol. The van der Waals surface area contributed by atoms with Crippen molar-refractivity contribution in [2.24, 2.45) is 5.41 Å². The molecule has 1 spiro atoms. The molecule has 6 rings (SSSR count). The average Bonchev–Trinajstić information content (AvgIpc) is 3.66. The predicted molar refractivity (Wildman–Crippen MR) is 138 cm³/mol. The minimum absolute atomic E-state index is 0.0478. The lowest BCUT2D eigenvalue weighted by molar-refractivity contribution is 0.226. The maximum absolute atomic E-state index is 14.7. The molecule has 0 amide bonds. The molecule has 3 heterocycles. The van der Waals surface area contributed by atoms with Gasteiger partial charge in [-0.05, 0) is 69.1 Å². The Kier molecular flexibility index (Phi) is 5.63. The van der Waals surface area contributed by atoms with Crippen molar-refractivity contribution < 1.29 is 4.39 Å². The fourth-order valence-electron chi connectivity index (χ4n) is 6.04. The number of piperidine rings is 1. The first kappa shape index (κ1) is 22.9. The van der Waals surface area contributed by atoms with Gasteiger partial charge >= 0.3 is 0 Å². The van der Waals surface area contributed by atoms with Gasteiger partial charge in [-0.2, -0.15) is 0 Å². The van der Waals surface area contributed by atoms with Gasteiger partial charge in [-0.25, -0.2) is 14.2 Å². The number of hydrogen-bond acceptors (Lipinski definition) is 4. The molecule has 3 aliphatic rings. The molecule has 2 saturated carbocycles. The van der Waals surface area contributed by atoms with E-state index in [9.17, 15) is 9.18 Å². The molecule has 1 aromatic carbocycles. The molecule has 184 valence electrons. The Morgan fingerprint density at radius 3 is 2.44 bits per heavy atom. The topological polar surface area (TPSA) is 55.4 Å². The summed E-state index contributed by atoms with van der Waals surface area (Å²) in [5, 5.41) is 0. The highest BCUT2D eigenvalue weighted by atomic mass is 19.1. The van der Waals surface area contributed by atoms with Crippen LogP contribution in [0.3, 0.4) is 0 Å². The van der Waals surface area contributed by atoms with Crippen LogP contribution >= 0.6 is 0 Å². The van der Waals surface area contributed by atoms with Crippen LogP contribution in [-0.4, -0.2) is 27.6 Å². The maximum atomic E-state index is 14.7. The van der Waals surface area contributed by atoms with E-state index in [1.165, 1.54) is 42.4 Å². The second kappa shape index (κ2) is 8.85. The fraction of sp³-hybridized carbons (Fsp3) is 0.448. The van der Waals surface area contributed by atoms with Crippen molar-refractivity contribution in [3.63, 3.8) is 0 Å². The van der Waals surface area contributed by atoms with Crippen molar-refractivity contribution in [2.45, 2.75) is 64.2 Å². The molecular formula is C29H30FN5O. The third-order valence-corrected chi connectivity index (χ3v) is 8.42. The molecule has 0 atom stereocenters. The molecule has 2 aromatic heterocycles. The number of pyridine rings is 1. The summed E-state index contributed by atoms with van der Waals surface area (Å²) >= 11 is 0. The maximum Gasteiger partial charge on any atom is 0.263 e. The molecule has 0 radical (unpaired) electrons. The van der Waals surface area contributed by atoms with Crippen LogP contribution in [0.25, 0.3) is 21.9 Å². The summed E-state index contributed by atoms with van der Waals surface area (Å²) in [5.41, 5.74) is 2.94. The van der Waals surface area contributed by atoms with Crippen LogP contribution in [0.5, 0.6) is 0 Å². The second-order valence-corrected chi connectivity index (χ2v) is 10.7. The number of hydrogen-bond donors (Lipinski definition) is 0. The Hall–Kier alpha value is -3.53. The largest absolute Gasteiger partial charge is 0.356 e. The van der Waals surface area contributed by atoms with E-state index in [0.717, 1.165) is 44.5 Å². The van der Waals surface area contributed by atoms with Crippen molar-refractivity contribution in [3.8, 4) is 17.1 Å². The zero-order valence-electron chi connectivity index (χ0n) is 20.6. The van der Waals surface area contributed by atoms with Crippen LogP contribution in [0.2, 0.25) is 0 Å². The van der Waals surface area contributed by atoms with Crippen LogP contribution in [0.15, 0.2) is 41.3 Å². The average molecular weight is 484 g/mol. The van der Waals surface area contributed by atoms with Gasteiger partial charge in [0.1, 0.15) is 17.5 Å². The number of aromatic nitrogens is 3. The van der Waals surface area contributed by atoms with Gasteiger partial charge in [0.25, 0.3) is 5.56 Å². The van der Waals surface area contributed by atoms with Crippen LogP contribution < -0.4 is 10.5 Å². The molecule has 6 nitrogen and oxygen atoms in total. The van der Waals surface area contributed by atoms with Crippen LogP contribution in [0, 0.1) is 24.7 Å². The zero-order valence-corrected chi connectivity index (χ0v) is 20.6. The highest BCUT2D eigenvalue weighted by molar-refractivity contribution is 5.65. The number of benzene rings is 1. The van der Waals surface area contributed by atoms with E-state index in [-0.39, 0.29) is 11.2 Å². The van der Waals surface area contributed by atoms with Crippen molar-refractivity contribution in [1.29, 1.82) is 0 Å². The Morgan fingerprint density at radius 2 is 1.83 bits per heavy atom. The highest BCUT2D eigenvalue weighted by Gasteiger charge is 2.38. The van der Waals surface area contributed by atoms with E-state index in [1.54, 1.807) is 12.3 Å². The minimum Gasteiger partial charge on any atom is -0.356 e. The quantitative estimate of drug-likeness (QED) is 0.407. The first-order valence-electron chi connectivity index (χ1n) is 13.0. The van der Waals surface area contributed by atoms with E-state index in [2.05, 4.69) is 14.7 Å². The first-order valence-corrected chi connectivity index (χ1v) is 13.0. The van der Waals surface area contributed by atoms with Crippen molar-refractivity contribution >= 4 is 11.5 Å². The molecule has 1 aliphatic heterocycles. The molecule has 1 saturated heterocycles. The van der Waals surface area contributed by atoms with Gasteiger partial charge in [-0.1, -0.05) is 25.0 Å². The summed E-state index contributed by atoms with van der Waals surface area (Å²) in [6.45, 7) is 10.8. The number of rotatable bonds is 4. The Balaban J connectivity index is 1.45. The van der Waals surface area contributed by atoms with Gasteiger partial charge in [-0.15, -0.1) is 0 Å². The summed E-state index contributed by atoms with van der Waals surface area (Å²) in [5.74, 6) is 0.943. The van der Waals surface area contributed by atoms with Gasteiger partial charge in [0.05, 0.1) is 24.0 Å². The van der Waals surface area contributed by atoms with E-state index in [0.29, 0.717) is 39.8 Å². The van der Waals surface area contributed by atoms with Gasteiger partial charge in [0.2, 0.25) is 5.69 Å². The highest BCUT2D eigenvalue weighted by Crippen LogP contribution is 2.46.